The molecule has 0 aliphatic rings. The molecule has 4 nitrogen and oxygen atoms in total. The highest BCUT2D eigenvalue weighted by Crippen LogP contribution is 2.20. The van der Waals surface area contributed by atoms with Crippen molar-refractivity contribution in [3.63, 3.8) is 0 Å². The first-order valence-electron chi connectivity index (χ1n) is 7.77. The highest BCUT2D eigenvalue weighted by molar-refractivity contribution is 5.36. The lowest BCUT2D eigenvalue weighted by molar-refractivity contribution is 0.0804. The second-order valence-electron chi connectivity index (χ2n) is 5.10. The molecule has 0 aliphatic heterocycles. The van der Waals surface area contributed by atoms with Gasteiger partial charge in [-0.05, 0) is 32.4 Å². The Morgan fingerprint density at radius 1 is 1.10 bits per heavy atom. The fraction of sp³-hybridized carbons (Fsp3) is 0.647. The van der Waals surface area contributed by atoms with Crippen LogP contribution < -0.4 is 10.1 Å². The number of aryl methyl sites for hydroxylation is 1. The molecular formula is C17H29NO3. The fourth-order valence-corrected chi connectivity index (χ4v) is 2.00. The number of hydrogen-bond acceptors (Lipinski definition) is 4. The van der Waals surface area contributed by atoms with Gasteiger partial charge in [0.15, 0.2) is 0 Å². The summed E-state index contributed by atoms with van der Waals surface area (Å²) in [6.45, 7) is 8.79. The predicted octanol–water partition coefficient (Wildman–Crippen LogP) is 2.93. The first-order chi connectivity index (χ1) is 10.3. The highest BCUT2D eigenvalue weighted by atomic mass is 16.5. The van der Waals surface area contributed by atoms with Crippen LogP contribution in [-0.4, -0.2) is 40.1 Å². The van der Waals surface area contributed by atoms with Gasteiger partial charge in [0, 0.05) is 32.4 Å². The molecule has 1 aromatic carbocycles. The van der Waals surface area contributed by atoms with Crippen molar-refractivity contribution in [2.24, 2.45) is 0 Å². The van der Waals surface area contributed by atoms with Gasteiger partial charge in [-0.15, -0.1) is 0 Å². The molecule has 0 amide bonds. The van der Waals surface area contributed by atoms with Gasteiger partial charge in [0.05, 0.1) is 6.61 Å². The summed E-state index contributed by atoms with van der Waals surface area (Å²) in [5.41, 5.74) is 2.47. The number of hydrogen-bond donors (Lipinski definition) is 1. The molecule has 0 unspecified atom stereocenters. The van der Waals surface area contributed by atoms with Crippen LogP contribution in [0.3, 0.4) is 0 Å². The van der Waals surface area contributed by atoms with Crippen LogP contribution in [0.1, 0.15) is 30.9 Å². The van der Waals surface area contributed by atoms with Crippen LogP contribution in [0.4, 0.5) is 0 Å². The van der Waals surface area contributed by atoms with Gasteiger partial charge in [-0.1, -0.05) is 24.6 Å². The van der Waals surface area contributed by atoms with Crippen LogP contribution in [0.5, 0.6) is 5.75 Å². The van der Waals surface area contributed by atoms with Crippen molar-refractivity contribution in [2.75, 3.05) is 40.1 Å². The van der Waals surface area contributed by atoms with E-state index >= 15 is 0 Å². The van der Waals surface area contributed by atoms with E-state index in [1.54, 1.807) is 7.11 Å². The average molecular weight is 295 g/mol. The summed E-state index contributed by atoms with van der Waals surface area (Å²) < 4.78 is 16.3. The van der Waals surface area contributed by atoms with Gasteiger partial charge in [0.2, 0.25) is 0 Å². The number of ether oxygens (including phenoxy) is 3. The Balaban J connectivity index is 2.32. The van der Waals surface area contributed by atoms with Crippen molar-refractivity contribution in [1.29, 1.82) is 0 Å². The molecule has 0 saturated carbocycles. The minimum atomic E-state index is 0.580. The average Bonchev–Trinajstić information content (AvgIpc) is 2.48. The van der Waals surface area contributed by atoms with Crippen LogP contribution in [0, 0.1) is 6.92 Å². The van der Waals surface area contributed by atoms with Gasteiger partial charge in [-0.25, -0.2) is 0 Å². The molecule has 0 radical (unpaired) electrons. The van der Waals surface area contributed by atoms with Crippen LogP contribution in [-0.2, 0) is 16.0 Å². The third kappa shape index (κ3) is 8.05. The van der Waals surface area contributed by atoms with Gasteiger partial charge in [0.25, 0.3) is 0 Å². The molecule has 0 saturated heterocycles. The van der Waals surface area contributed by atoms with Gasteiger partial charge in [-0.3, -0.25) is 0 Å². The van der Waals surface area contributed by atoms with E-state index in [1.165, 1.54) is 11.1 Å². The van der Waals surface area contributed by atoms with Gasteiger partial charge in [0.1, 0.15) is 12.4 Å². The van der Waals surface area contributed by atoms with Crippen molar-refractivity contribution < 1.29 is 14.2 Å². The Kier molecular flexibility index (Phi) is 9.87. The molecule has 1 rings (SSSR count). The van der Waals surface area contributed by atoms with Gasteiger partial charge in [-0.2, -0.15) is 0 Å². The lowest BCUT2D eigenvalue weighted by atomic mass is 10.1. The van der Waals surface area contributed by atoms with Gasteiger partial charge >= 0.3 is 0 Å². The zero-order valence-corrected chi connectivity index (χ0v) is 13.6. The van der Waals surface area contributed by atoms with E-state index in [4.69, 9.17) is 14.2 Å². The second kappa shape index (κ2) is 11.5. The minimum Gasteiger partial charge on any atom is -0.491 e. The Labute approximate surface area is 128 Å². The molecule has 4 heteroatoms. The summed E-state index contributed by atoms with van der Waals surface area (Å²) in [5.74, 6) is 0.949. The fourth-order valence-electron chi connectivity index (χ4n) is 2.00. The SMILES string of the molecule is CCCNCc1cc(C)ccc1OCCOCCCOC. The van der Waals surface area contributed by atoms with Crippen LogP contribution in [0.2, 0.25) is 0 Å². The molecule has 0 bridgehead atoms. The zero-order chi connectivity index (χ0) is 15.3. The molecule has 0 aromatic heterocycles. The Bertz CT molecular complexity index is 382. The molecule has 1 N–H and O–H groups in total. The molecule has 0 aliphatic carbocycles. The molecule has 120 valence electrons. The zero-order valence-electron chi connectivity index (χ0n) is 13.6. The van der Waals surface area contributed by atoms with Crippen LogP contribution in [0.25, 0.3) is 0 Å². The molecule has 0 atom stereocenters. The lowest BCUT2D eigenvalue weighted by Crippen LogP contribution is -2.15. The summed E-state index contributed by atoms with van der Waals surface area (Å²) >= 11 is 0. The Hall–Kier alpha value is -1.10. The summed E-state index contributed by atoms with van der Waals surface area (Å²) in [6.07, 6.45) is 2.06. The first kappa shape index (κ1) is 18.0. The van der Waals surface area contributed by atoms with Crippen molar-refractivity contribution in [1.82, 2.24) is 5.32 Å². The molecule has 0 heterocycles. The topological polar surface area (TPSA) is 39.7 Å². The summed E-state index contributed by atoms with van der Waals surface area (Å²) in [7, 11) is 1.70. The van der Waals surface area contributed by atoms with E-state index in [0.717, 1.165) is 44.9 Å². The molecule has 0 fully saturated rings. The van der Waals surface area contributed by atoms with Crippen molar-refractivity contribution in [2.45, 2.75) is 33.2 Å². The first-order valence-corrected chi connectivity index (χ1v) is 7.77. The normalized spacial score (nSPS) is 10.8. The summed E-state index contributed by atoms with van der Waals surface area (Å²) in [4.78, 5) is 0. The monoisotopic (exact) mass is 295 g/mol. The summed E-state index contributed by atoms with van der Waals surface area (Å²) in [6, 6.07) is 6.30. The quantitative estimate of drug-likeness (QED) is 0.602. The molecule has 21 heavy (non-hydrogen) atoms. The third-order valence-electron chi connectivity index (χ3n) is 3.08. The second-order valence-corrected chi connectivity index (χ2v) is 5.10. The van der Waals surface area contributed by atoms with Gasteiger partial charge < -0.3 is 19.5 Å². The number of methoxy groups -OCH3 is 1. The largest absolute Gasteiger partial charge is 0.491 e. The number of nitrogens with one attached hydrogen (secondary N) is 1. The van der Waals surface area contributed by atoms with E-state index in [0.29, 0.717) is 13.2 Å². The van der Waals surface area contributed by atoms with E-state index < -0.39 is 0 Å². The van der Waals surface area contributed by atoms with Crippen molar-refractivity contribution in [3.8, 4) is 5.75 Å². The van der Waals surface area contributed by atoms with Crippen LogP contribution in [0.15, 0.2) is 18.2 Å². The maximum Gasteiger partial charge on any atom is 0.123 e. The van der Waals surface area contributed by atoms with E-state index in [-0.39, 0.29) is 0 Å². The van der Waals surface area contributed by atoms with Crippen LogP contribution >= 0.6 is 0 Å². The van der Waals surface area contributed by atoms with Crippen molar-refractivity contribution >= 4 is 0 Å². The van der Waals surface area contributed by atoms with E-state index in [1.807, 2.05) is 6.07 Å². The summed E-state index contributed by atoms with van der Waals surface area (Å²) in [5, 5.41) is 3.42. The van der Waals surface area contributed by atoms with E-state index in [2.05, 4.69) is 31.3 Å². The predicted molar refractivity (Wildman–Crippen MR) is 86.0 cm³/mol. The molecule has 0 spiro atoms. The molecular weight excluding hydrogens is 266 g/mol. The maximum atomic E-state index is 5.83. The maximum absolute atomic E-state index is 5.83. The Morgan fingerprint density at radius 2 is 1.95 bits per heavy atom. The smallest absolute Gasteiger partial charge is 0.123 e. The van der Waals surface area contributed by atoms with E-state index in [9.17, 15) is 0 Å². The van der Waals surface area contributed by atoms with Crippen molar-refractivity contribution in [3.05, 3.63) is 29.3 Å². The number of benzene rings is 1. The highest BCUT2D eigenvalue weighted by Gasteiger charge is 2.04. The lowest BCUT2D eigenvalue weighted by Gasteiger charge is -2.13. The minimum absolute atomic E-state index is 0.580. The number of rotatable bonds is 12. The molecule has 1 aromatic rings. The third-order valence-corrected chi connectivity index (χ3v) is 3.08. The Morgan fingerprint density at radius 3 is 2.71 bits per heavy atom. The standard InChI is InChI=1S/C17H29NO3/c1-4-8-18-14-16-13-15(2)6-7-17(16)21-12-11-20-10-5-9-19-3/h6-7,13,18H,4-5,8-12,14H2,1-3H3.